The molecule has 7 heteroatoms. The molecule has 0 radical (unpaired) electrons. The van der Waals surface area contributed by atoms with Gasteiger partial charge < -0.3 is 10.2 Å². The van der Waals surface area contributed by atoms with Crippen LogP contribution in [-0.2, 0) is 18.4 Å². The van der Waals surface area contributed by atoms with Gasteiger partial charge in [-0.05, 0) is 43.8 Å². The molecule has 0 bridgehead atoms. The number of hydrogen-bond acceptors (Lipinski definition) is 3. The van der Waals surface area contributed by atoms with Crippen LogP contribution in [0.3, 0.4) is 0 Å². The van der Waals surface area contributed by atoms with E-state index in [0.29, 0.717) is 18.8 Å². The molecule has 0 aliphatic carbocycles. The fourth-order valence-electron chi connectivity index (χ4n) is 3.23. The number of hydrogen-bond donors (Lipinski definition) is 1. The summed E-state index contributed by atoms with van der Waals surface area (Å²) in [6, 6.07) is 15.7. The Hall–Kier alpha value is -3.19. The molecular formula is C22H25FN4O2. The van der Waals surface area contributed by atoms with Crippen LogP contribution in [0, 0.1) is 12.7 Å². The molecular weight excluding hydrogens is 371 g/mol. The van der Waals surface area contributed by atoms with Gasteiger partial charge in [0.05, 0.1) is 11.4 Å². The molecule has 0 fully saturated rings. The van der Waals surface area contributed by atoms with E-state index in [1.165, 1.54) is 16.8 Å². The summed E-state index contributed by atoms with van der Waals surface area (Å²) in [4.78, 5) is 27.2. The predicted octanol–water partition coefficient (Wildman–Crippen LogP) is 3.08. The summed E-state index contributed by atoms with van der Waals surface area (Å²) in [7, 11) is 3.65. The lowest BCUT2D eigenvalue weighted by atomic mass is 10.2. The predicted molar refractivity (Wildman–Crippen MR) is 112 cm³/mol. The highest BCUT2D eigenvalue weighted by Gasteiger charge is 2.18. The maximum atomic E-state index is 13.3. The Morgan fingerprint density at radius 2 is 1.86 bits per heavy atom. The van der Waals surface area contributed by atoms with E-state index in [2.05, 4.69) is 5.32 Å². The van der Waals surface area contributed by atoms with E-state index in [4.69, 9.17) is 0 Å². The van der Waals surface area contributed by atoms with Crippen molar-refractivity contribution >= 4 is 11.6 Å². The van der Waals surface area contributed by atoms with Crippen molar-refractivity contribution in [3.63, 3.8) is 0 Å². The van der Waals surface area contributed by atoms with Crippen LogP contribution in [0.15, 0.2) is 59.4 Å². The molecule has 1 heterocycles. The number of nitrogens with one attached hydrogen (secondary N) is 1. The van der Waals surface area contributed by atoms with Gasteiger partial charge in [0, 0.05) is 26.6 Å². The third kappa shape index (κ3) is 4.81. The number of carbonyl (C=O) groups is 1. The van der Waals surface area contributed by atoms with E-state index in [1.807, 2.05) is 48.3 Å². The Morgan fingerprint density at radius 1 is 1.14 bits per heavy atom. The summed E-state index contributed by atoms with van der Waals surface area (Å²) in [6.07, 6.45) is 0.227. The summed E-state index contributed by atoms with van der Waals surface area (Å²) in [5.74, 6) is -0.509. The molecule has 0 unspecified atom stereocenters. The van der Waals surface area contributed by atoms with E-state index in [0.717, 1.165) is 11.3 Å². The normalized spacial score (nSPS) is 11.1. The summed E-state index contributed by atoms with van der Waals surface area (Å²) in [6.45, 7) is 2.82. The van der Waals surface area contributed by atoms with Gasteiger partial charge in [0.1, 0.15) is 11.5 Å². The van der Waals surface area contributed by atoms with Crippen LogP contribution in [-0.4, -0.2) is 33.8 Å². The topological polar surface area (TPSA) is 59.3 Å². The van der Waals surface area contributed by atoms with Crippen molar-refractivity contribution in [2.45, 2.75) is 19.9 Å². The summed E-state index contributed by atoms with van der Waals surface area (Å²) >= 11 is 0. The van der Waals surface area contributed by atoms with Gasteiger partial charge in [-0.25, -0.2) is 9.07 Å². The zero-order valence-corrected chi connectivity index (χ0v) is 16.9. The third-order valence-electron chi connectivity index (χ3n) is 4.88. The first-order chi connectivity index (χ1) is 13.9. The number of rotatable bonds is 7. The SMILES string of the molecule is Cc1c(NC(=O)CCN(C)Cc2cccc(F)c2)c(=O)n(-c2ccccc2)n1C. The van der Waals surface area contributed by atoms with Crippen molar-refractivity contribution < 1.29 is 9.18 Å². The lowest BCUT2D eigenvalue weighted by Gasteiger charge is -2.16. The van der Waals surface area contributed by atoms with E-state index in [9.17, 15) is 14.0 Å². The minimum absolute atomic E-state index is 0.227. The van der Waals surface area contributed by atoms with Gasteiger partial charge in [0.25, 0.3) is 5.56 Å². The molecule has 0 atom stereocenters. The number of halogens is 1. The Bertz CT molecular complexity index is 1060. The monoisotopic (exact) mass is 396 g/mol. The Kier molecular flexibility index (Phi) is 6.29. The molecule has 1 aromatic heterocycles. The van der Waals surface area contributed by atoms with Crippen molar-refractivity contribution in [1.29, 1.82) is 0 Å². The maximum Gasteiger partial charge on any atom is 0.295 e. The fraction of sp³-hybridized carbons (Fsp3) is 0.273. The van der Waals surface area contributed by atoms with Crippen LogP contribution in [0.1, 0.15) is 17.7 Å². The van der Waals surface area contributed by atoms with Crippen LogP contribution in [0.25, 0.3) is 5.69 Å². The first-order valence-electron chi connectivity index (χ1n) is 9.43. The third-order valence-corrected chi connectivity index (χ3v) is 4.88. The minimum atomic E-state index is -0.275. The minimum Gasteiger partial charge on any atom is -0.320 e. The molecule has 1 N–H and O–H groups in total. The van der Waals surface area contributed by atoms with Gasteiger partial charge in [0.2, 0.25) is 5.91 Å². The van der Waals surface area contributed by atoms with Gasteiger partial charge in [-0.1, -0.05) is 30.3 Å². The second kappa shape index (κ2) is 8.87. The lowest BCUT2D eigenvalue weighted by Crippen LogP contribution is -2.26. The summed E-state index contributed by atoms with van der Waals surface area (Å²) in [5.41, 5.74) is 2.28. The standard InChI is InChI=1S/C22H25FN4O2/c1-16-21(22(29)27(26(16)3)19-10-5-4-6-11-19)24-20(28)12-13-25(2)15-17-8-7-9-18(23)14-17/h4-11,14H,12-13,15H2,1-3H3,(H,24,28). The van der Waals surface area contributed by atoms with Crippen LogP contribution in [0.2, 0.25) is 0 Å². The molecule has 0 aliphatic heterocycles. The van der Waals surface area contributed by atoms with Gasteiger partial charge >= 0.3 is 0 Å². The van der Waals surface area contributed by atoms with E-state index < -0.39 is 0 Å². The largest absolute Gasteiger partial charge is 0.320 e. The molecule has 1 amide bonds. The quantitative estimate of drug-likeness (QED) is 0.668. The second-order valence-electron chi connectivity index (χ2n) is 7.10. The molecule has 0 aliphatic rings. The van der Waals surface area contributed by atoms with E-state index in [-0.39, 0.29) is 29.4 Å². The van der Waals surface area contributed by atoms with Gasteiger partial charge in [0.15, 0.2) is 0 Å². The van der Waals surface area contributed by atoms with Gasteiger partial charge in [-0.3, -0.25) is 14.3 Å². The van der Waals surface area contributed by atoms with Crippen molar-refractivity contribution in [3.8, 4) is 5.69 Å². The van der Waals surface area contributed by atoms with E-state index >= 15 is 0 Å². The first-order valence-corrected chi connectivity index (χ1v) is 9.43. The van der Waals surface area contributed by atoms with Crippen LogP contribution in [0.5, 0.6) is 0 Å². The number of nitrogens with zero attached hydrogens (tertiary/aromatic N) is 3. The van der Waals surface area contributed by atoms with Crippen LogP contribution in [0.4, 0.5) is 10.1 Å². The summed E-state index contributed by atoms with van der Waals surface area (Å²) in [5, 5.41) is 2.76. The smallest absolute Gasteiger partial charge is 0.295 e. The van der Waals surface area contributed by atoms with Crippen molar-refractivity contribution in [2.24, 2.45) is 7.05 Å². The van der Waals surface area contributed by atoms with Crippen molar-refractivity contribution in [3.05, 3.63) is 82.0 Å². The van der Waals surface area contributed by atoms with Gasteiger partial charge in [-0.2, -0.15) is 0 Å². The Labute approximate surface area is 169 Å². The molecule has 0 saturated heterocycles. The first kappa shape index (κ1) is 20.5. The molecule has 3 rings (SSSR count). The van der Waals surface area contributed by atoms with Crippen LogP contribution < -0.4 is 10.9 Å². The molecule has 0 spiro atoms. The number of amides is 1. The number of para-hydroxylation sites is 1. The highest BCUT2D eigenvalue weighted by Crippen LogP contribution is 2.14. The molecule has 6 nitrogen and oxygen atoms in total. The lowest BCUT2D eigenvalue weighted by molar-refractivity contribution is -0.116. The zero-order chi connectivity index (χ0) is 21.0. The average molecular weight is 396 g/mol. The molecule has 29 heavy (non-hydrogen) atoms. The maximum absolute atomic E-state index is 13.3. The molecule has 3 aromatic rings. The van der Waals surface area contributed by atoms with Crippen LogP contribution >= 0.6 is 0 Å². The van der Waals surface area contributed by atoms with Gasteiger partial charge in [-0.15, -0.1) is 0 Å². The van der Waals surface area contributed by atoms with E-state index in [1.54, 1.807) is 24.7 Å². The summed E-state index contributed by atoms with van der Waals surface area (Å²) < 4.78 is 16.5. The highest BCUT2D eigenvalue weighted by molar-refractivity contribution is 5.91. The zero-order valence-electron chi connectivity index (χ0n) is 16.9. The Balaban J connectivity index is 1.64. The Morgan fingerprint density at radius 3 is 2.55 bits per heavy atom. The molecule has 0 saturated carbocycles. The second-order valence-corrected chi connectivity index (χ2v) is 7.10. The molecule has 2 aromatic carbocycles. The number of anilines is 1. The molecule has 152 valence electrons. The van der Waals surface area contributed by atoms with Crippen molar-refractivity contribution in [2.75, 3.05) is 18.9 Å². The number of aromatic nitrogens is 2. The number of benzene rings is 2. The van der Waals surface area contributed by atoms with Crippen molar-refractivity contribution in [1.82, 2.24) is 14.3 Å². The highest BCUT2D eigenvalue weighted by atomic mass is 19.1. The average Bonchev–Trinajstić information content (AvgIpc) is 2.90. The number of carbonyl (C=O) groups excluding carboxylic acids is 1. The fourth-order valence-corrected chi connectivity index (χ4v) is 3.23.